The molecule has 1 aromatic carbocycles. The molecule has 0 bridgehead atoms. The summed E-state index contributed by atoms with van der Waals surface area (Å²) in [6.07, 6.45) is 0. The van der Waals surface area contributed by atoms with Gasteiger partial charge in [0.25, 0.3) is 0 Å². The summed E-state index contributed by atoms with van der Waals surface area (Å²) in [5.41, 5.74) is 10.5. The number of hydrogen-bond donors (Lipinski definition) is 3. The normalized spacial score (nSPS) is 8.93. The number of primary amides is 1. The molecule has 0 unspecified atom stereocenters. The van der Waals surface area contributed by atoms with E-state index >= 15 is 0 Å². The lowest BCUT2D eigenvalue weighted by Gasteiger charge is -2.02. The van der Waals surface area contributed by atoms with Crippen LogP contribution >= 0.6 is 0 Å². The molecule has 0 aliphatic heterocycles. The number of hydrogen-bond acceptors (Lipinski definition) is 2. The molecule has 0 saturated carbocycles. The third kappa shape index (κ3) is 3.29. The van der Waals surface area contributed by atoms with Crippen LogP contribution in [0, 0.1) is 17.7 Å². The molecular weight excluding hydrogens is 197 g/mol. The van der Waals surface area contributed by atoms with Gasteiger partial charge in [-0.05, 0) is 18.2 Å². The Morgan fingerprint density at radius 1 is 1.53 bits per heavy atom. The number of urea groups is 1. The van der Waals surface area contributed by atoms with Crippen LogP contribution in [0.4, 0.5) is 14.9 Å². The second-order valence-electron chi connectivity index (χ2n) is 2.69. The van der Waals surface area contributed by atoms with Crippen LogP contribution in [0.25, 0.3) is 0 Å². The van der Waals surface area contributed by atoms with Gasteiger partial charge in [0.2, 0.25) is 0 Å². The van der Waals surface area contributed by atoms with Crippen molar-refractivity contribution < 1.29 is 9.18 Å². The van der Waals surface area contributed by atoms with E-state index in [1.807, 2.05) is 0 Å². The van der Waals surface area contributed by atoms with Crippen molar-refractivity contribution >= 4 is 11.7 Å². The minimum atomic E-state index is -0.810. The lowest BCUT2D eigenvalue weighted by Crippen LogP contribution is -2.20. The van der Waals surface area contributed by atoms with E-state index in [4.69, 9.17) is 11.5 Å². The van der Waals surface area contributed by atoms with Gasteiger partial charge >= 0.3 is 6.03 Å². The Morgan fingerprint density at radius 3 is 2.80 bits per heavy atom. The quantitative estimate of drug-likeness (QED) is 0.590. The van der Waals surface area contributed by atoms with Crippen molar-refractivity contribution in [2.45, 2.75) is 0 Å². The monoisotopic (exact) mass is 207 g/mol. The second kappa shape index (κ2) is 4.98. The van der Waals surface area contributed by atoms with Crippen LogP contribution < -0.4 is 16.8 Å². The Morgan fingerprint density at radius 2 is 2.27 bits per heavy atom. The van der Waals surface area contributed by atoms with Crippen molar-refractivity contribution in [3.8, 4) is 11.8 Å². The molecule has 0 aliphatic carbocycles. The molecule has 0 radical (unpaired) electrons. The van der Waals surface area contributed by atoms with Gasteiger partial charge in [-0.15, -0.1) is 0 Å². The van der Waals surface area contributed by atoms with Crippen LogP contribution in [-0.4, -0.2) is 12.6 Å². The fraction of sp³-hybridized carbons (Fsp3) is 0.100. The zero-order valence-electron chi connectivity index (χ0n) is 7.88. The Bertz CT molecular complexity index is 434. The van der Waals surface area contributed by atoms with Crippen LogP contribution in [0.1, 0.15) is 5.56 Å². The number of nitrogens with two attached hydrogens (primary N) is 2. The first kappa shape index (κ1) is 11.0. The predicted octanol–water partition coefficient (Wildman–Crippen LogP) is 0.626. The topological polar surface area (TPSA) is 81.1 Å². The maximum atomic E-state index is 13.3. The Hall–Kier alpha value is -2.06. The minimum Gasteiger partial charge on any atom is -0.351 e. The van der Waals surface area contributed by atoms with Crippen LogP contribution in [0.2, 0.25) is 0 Å². The number of amides is 2. The van der Waals surface area contributed by atoms with Gasteiger partial charge in [-0.3, -0.25) is 0 Å². The van der Waals surface area contributed by atoms with E-state index < -0.39 is 11.8 Å². The average Bonchev–Trinajstić information content (AvgIpc) is 2.18. The lowest BCUT2D eigenvalue weighted by molar-refractivity contribution is 0.259. The number of anilines is 1. The van der Waals surface area contributed by atoms with Crippen LogP contribution in [0.5, 0.6) is 0 Å². The molecule has 2 amide bonds. The third-order valence-corrected chi connectivity index (χ3v) is 1.56. The first-order valence-corrected chi connectivity index (χ1v) is 4.18. The molecule has 0 atom stereocenters. The number of carbonyl (C=O) groups is 1. The fourth-order valence-electron chi connectivity index (χ4n) is 0.980. The summed E-state index contributed by atoms with van der Waals surface area (Å²) in [4.78, 5) is 10.5. The molecule has 0 heterocycles. The molecule has 0 saturated heterocycles. The van der Waals surface area contributed by atoms with Crippen molar-refractivity contribution in [2.75, 3.05) is 11.9 Å². The highest BCUT2D eigenvalue weighted by atomic mass is 19.1. The highest BCUT2D eigenvalue weighted by Gasteiger charge is 2.03. The SMILES string of the molecule is NCC#Cc1ccc(NC(N)=O)c(F)c1. The van der Waals surface area contributed by atoms with Gasteiger partial charge in [-0.1, -0.05) is 11.8 Å². The van der Waals surface area contributed by atoms with Gasteiger partial charge in [0.05, 0.1) is 12.2 Å². The van der Waals surface area contributed by atoms with E-state index in [1.165, 1.54) is 12.1 Å². The predicted molar refractivity (Wildman–Crippen MR) is 55.5 cm³/mol. The number of rotatable bonds is 1. The van der Waals surface area contributed by atoms with Crippen molar-refractivity contribution in [1.29, 1.82) is 0 Å². The highest BCUT2D eigenvalue weighted by Crippen LogP contribution is 2.14. The Labute approximate surface area is 86.4 Å². The fourth-order valence-corrected chi connectivity index (χ4v) is 0.980. The van der Waals surface area contributed by atoms with Crippen LogP contribution in [-0.2, 0) is 0 Å². The van der Waals surface area contributed by atoms with Gasteiger partial charge in [0.1, 0.15) is 5.82 Å². The van der Waals surface area contributed by atoms with E-state index in [0.29, 0.717) is 5.56 Å². The second-order valence-corrected chi connectivity index (χ2v) is 2.69. The molecule has 0 fully saturated rings. The molecule has 0 aromatic heterocycles. The van der Waals surface area contributed by atoms with Crippen molar-refractivity contribution in [2.24, 2.45) is 11.5 Å². The number of nitrogens with one attached hydrogen (secondary N) is 1. The van der Waals surface area contributed by atoms with E-state index in [9.17, 15) is 9.18 Å². The Kier molecular flexibility index (Phi) is 3.66. The van der Waals surface area contributed by atoms with Crippen molar-refractivity contribution in [3.05, 3.63) is 29.6 Å². The largest absolute Gasteiger partial charge is 0.351 e. The minimum absolute atomic E-state index is 0.0285. The summed E-state index contributed by atoms with van der Waals surface area (Å²) in [5.74, 6) is 4.67. The summed E-state index contributed by atoms with van der Waals surface area (Å²) < 4.78 is 13.3. The van der Waals surface area contributed by atoms with Gasteiger partial charge in [0, 0.05) is 5.56 Å². The lowest BCUT2D eigenvalue weighted by atomic mass is 10.2. The summed E-state index contributed by atoms with van der Waals surface area (Å²) in [7, 11) is 0. The molecule has 78 valence electrons. The number of halogens is 1. The van der Waals surface area contributed by atoms with Gasteiger partial charge in [0.15, 0.2) is 0 Å². The zero-order chi connectivity index (χ0) is 11.3. The van der Waals surface area contributed by atoms with E-state index in [2.05, 4.69) is 17.2 Å². The van der Waals surface area contributed by atoms with Gasteiger partial charge in [-0.25, -0.2) is 9.18 Å². The maximum absolute atomic E-state index is 13.3. The first-order chi connectivity index (χ1) is 7.13. The van der Waals surface area contributed by atoms with E-state index in [-0.39, 0.29) is 12.2 Å². The third-order valence-electron chi connectivity index (χ3n) is 1.56. The van der Waals surface area contributed by atoms with E-state index in [0.717, 1.165) is 0 Å². The van der Waals surface area contributed by atoms with E-state index in [1.54, 1.807) is 6.07 Å². The summed E-state index contributed by atoms with van der Waals surface area (Å²) in [6.45, 7) is 0.211. The van der Waals surface area contributed by atoms with Crippen molar-refractivity contribution in [1.82, 2.24) is 0 Å². The zero-order valence-corrected chi connectivity index (χ0v) is 7.88. The highest BCUT2D eigenvalue weighted by molar-refractivity contribution is 5.87. The summed E-state index contributed by atoms with van der Waals surface area (Å²) in [5, 5.41) is 2.15. The average molecular weight is 207 g/mol. The molecule has 1 aromatic rings. The maximum Gasteiger partial charge on any atom is 0.316 e. The number of carbonyl (C=O) groups excluding carboxylic acids is 1. The van der Waals surface area contributed by atoms with Crippen LogP contribution in [0.15, 0.2) is 18.2 Å². The molecule has 5 N–H and O–H groups in total. The van der Waals surface area contributed by atoms with Gasteiger partial charge in [-0.2, -0.15) is 0 Å². The molecular formula is C10H10FN3O. The molecule has 15 heavy (non-hydrogen) atoms. The summed E-state index contributed by atoms with van der Waals surface area (Å²) >= 11 is 0. The molecule has 1 rings (SSSR count). The molecule has 0 spiro atoms. The number of benzene rings is 1. The van der Waals surface area contributed by atoms with Crippen molar-refractivity contribution in [3.63, 3.8) is 0 Å². The summed E-state index contributed by atoms with van der Waals surface area (Å²) in [6, 6.07) is 3.35. The van der Waals surface area contributed by atoms with Gasteiger partial charge < -0.3 is 16.8 Å². The molecule has 4 nitrogen and oxygen atoms in total. The molecule has 0 aliphatic rings. The standard InChI is InChI=1S/C10H10FN3O/c11-8-6-7(2-1-5-12)3-4-9(8)14-10(13)15/h3-4,6H,5,12H2,(H3,13,14,15). The van der Waals surface area contributed by atoms with Crippen LogP contribution in [0.3, 0.4) is 0 Å². The Balaban J connectivity index is 2.92. The first-order valence-electron chi connectivity index (χ1n) is 4.18. The molecule has 5 heteroatoms. The smallest absolute Gasteiger partial charge is 0.316 e.